The van der Waals surface area contributed by atoms with E-state index < -0.39 is 29.7 Å². The van der Waals surface area contributed by atoms with Gasteiger partial charge in [0.15, 0.2) is 5.65 Å². The fourth-order valence-electron chi connectivity index (χ4n) is 8.88. The van der Waals surface area contributed by atoms with Gasteiger partial charge in [-0.3, -0.25) is 34.2 Å². The zero-order valence-corrected chi connectivity index (χ0v) is 39.3. The van der Waals surface area contributed by atoms with E-state index in [9.17, 15) is 24.0 Å². The smallest absolute Gasteiger partial charge is 0.266 e. The van der Waals surface area contributed by atoms with Crippen molar-refractivity contribution in [2.45, 2.75) is 76.3 Å². The summed E-state index contributed by atoms with van der Waals surface area (Å²) in [6, 6.07) is 21.0. The van der Waals surface area contributed by atoms with Crippen LogP contribution in [0.3, 0.4) is 0 Å². The van der Waals surface area contributed by atoms with Gasteiger partial charge in [-0.25, -0.2) is 14.6 Å². The minimum atomic E-state index is -1.04. The molecule has 2 unspecified atom stereocenters. The second-order valence-electron chi connectivity index (χ2n) is 17.3. The lowest BCUT2D eigenvalue weighted by atomic mass is 10.0. The molecule has 2 atom stereocenters. The number of rotatable bonds is 26. The molecule has 2 aromatic heterocycles. The largest absolute Gasteiger partial charge is 0.490 e. The van der Waals surface area contributed by atoms with E-state index >= 15 is 0 Å². The summed E-state index contributed by atoms with van der Waals surface area (Å²) in [6.45, 7) is 4.82. The van der Waals surface area contributed by atoms with Gasteiger partial charge in [0.2, 0.25) is 17.7 Å². The summed E-state index contributed by atoms with van der Waals surface area (Å²) in [5.41, 5.74) is 8.90. The number of likely N-dealkylation sites (tertiary alicyclic amines) is 1. The summed E-state index contributed by atoms with van der Waals surface area (Å²) in [7, 11) is 0. The van der Waals surface area contributed by atoms with Crippen LogP contribution in [0.2, 0.25) is 0 Å². The van der Waals surface area contributed by atoms with Gasteiger partial charge in [0.1, 0.15) is 47.7 Å². The van der Waals surface area contributed by atoms with Crippen molar-refractivity contribution in [3.63, 3.8) is 0 Å². The van der Waals surface area contributed by atoms with Gasteiger partial charge in [-0.1, -0.05) is 43.5 Å². The second kappa shape index (κ2) is 24.7. The maximum atomic E-state index is 13.4. The average molecular weight is 961 g/mol. The van der Waals surface area contributed by atoms with Gasteiger partial charge in [-0.05, 0) is 80.6 Å². The van der Waals surface area contributed by atoms with Gasteiger partial charge >= 0.3 is 0 Å². The molecule has 3 N–H and O–H groups in total. The maximum absolute atomic E-state index is 13.4. The number of carbonyl (C=O) groups is 5. The number of aromatic nitrogens is 4. The molecule has 0 aliphatic carbocycles. The third kappa shape index (κ3) is 12.5. The molecule has 5 heterocycles. The standard InChI is InChI=1S/C51H60N8O11/c52-47-45-46(35-17-19-38(20-18-35)70-37-12-5-4-6-13-37)56-59(48(45)54-34-53-47)36-11-10-23-57(33-36)43(61)16-7-2-1-3-8-24-65-25-26-66-27-28-67-29-30-68-31-32-69-41-15-9-14-39-44(41)51(64)58(50(39)63)40-21-22-42(60)55-49(40)62/h4-6,9,12-15,17-20,34,36,40H,1-3,7-8,10-11,16,21-33H2,(H2,52,53,54)(H,55,60,62). The molecular weight excluding hydrogens is 901 g/mol. The number of benzene rings is 3. The number of nitrogens with zero attached hydrogens (tertiary/aromatic N) is 6. The first-order valence-electron chi connectivity index (χ1n) is 24.1. The SMILES string of the molecule is Nc1ncnc2c1c(-c1ccc(Oc3ccccc3)cc1)nn2C1CCCN(C(=O)CCCCCCCOCCOCCOCCOCCOc2cccc3c2C(=O)N(C2CCC(=O)NC2=O)C3=O)C1. The highest BCUT2D eigenvalue weighted by Crippen LogP contribution is 2.36. The monoisotopic (exact) mass is 960 g/mol. The first-order chi connectivity index (χ1) is 34.3. The Bertz CT molecular complexity index is 2590. The fraction of sp³-hybridized carbons (Fsp3) is 0.451. The molecule has 5 amide bonds. The van der Waals surface area contributed by atoms with Crippen molar-refractivity contribution in [1.82, 2.24) is 34.9 Å². The highest BCUT2D eigenvalue weighted by atomic mass is 16.6. The van der Waals surface area contributed by atoms with Crippen LogP contribution in [-0.4, -0.2) is 138 Å². The van der Waals surface area contributed by atoms with Crippen molar-refractivity contribution in [3.8, 4) is 28.5 Å². The van der Waals surface area contributed by atoms with E-state index in [4.69, 9.17) is 39.3 Å². The van der Waals surface area contributed by atoms with Gasteiger partial charge in [-0.2, -0.15) is 5.10 Å². The van der Waals surface area contributed by atoms with Crippen LogP contribution in [0.15, 0.2) is 79.1 Å². The molecule has 8 rings (SSSR count). The van der Waals surface area contributed by atoms with E-state index in [2.05, 4.69) is 15.3 Å². The Balaban J connectivity index is 0.630. The zero-order valence-electron chi connectivity index (χ0n) is 39.3. The predicted molar refractivity (Wildman–Crippen MR) is 256 cm³/mol. The Morgan fingerprint density at radius 1 is 0.714 bits per heavy atom. The van der Waals surface area contributed by atoms with Gasteiger partial charge in [0.05, 0.1) is 68.8 Å². The number of nitrogens with one attached hydrogen (secondary N) is 1. The molecule has 19 nitrogen and oxygen atoms in total. The Hall–Kier alpha value is -6.80. The summed E-state index contributed by atoms with van der Waals surface area (Å²) in [6.07, 6.45) is 8.72. The Kier molecular flexibility index (Phi) is 17.5. The van der Waals surface area contributed by atoms with Crippen molar-refractivity contribution in [2.75, 3.05) is 78.3 Å². The topological polar surface area (TPSA) is 229 Å². The number of nitrogen functional groups attached to an aromatic ring is 1. The summed E-state index contributed by atoms with van der Waals surface area (Å²) < 4.78 is 36.2. The summed E-state index contributed by atoms with van der Waals surface area (Å²) in [5.74, 6) is -0.0768. The number of amides is 5. The number of hydrogen-bond acceptors (Lipinski definition) is 15. The number of hydrogen-bond donors (Lipinski definition) is 2. The molecule has 2 fully saturated rings. The van der Waals surface area contributed by atoms with Crippen molar-refractivity contribution in [1.29, 1.82) is 0 Å². The van der Waals surface area contributed by atoms with Crippen molar-refractivity contribution in [2.24, 2.45) is 0 Å². The summed E-state index contributed by atoms with van der Waals surface area (Å²) in [4.78, 5) is 75.2. The van der Waals surface area contributed by atoms with Gasteiger partial charge in [0, 0.05) is 38.1 Å². The third-order valence-corrected chi connectivity index (χ3v) is 12.4. The minimum Gasteiger partial charge on any atom is -0.490 e. The van der Waals surface area contributed by atoms with Crippen molar-refractivity contribution in [3.05, 3.63) is 90.3 Å². The van der Waals surface area contributed by atoms with E-state index in [1.807, 2.05) is 64.2 Å². The number of fused-ring (bicyclic) bond motifs is 2. The van der Waals surface area contributed by atoms with E-state index in [0.29, 0.717) is 87.5 Å². The number of carbonyl (C=O) groups excluding carboxylic acids is 5. The Morgan fingerprint density at radius 2 is 1.40 bits per heavy atom. The molecule has 2 saturated heterocycles. The molecule has 70 heavy (non-hydrogen) atoms. The van der Waals surface area contributed by atoms with Crippen molar-refractivity contribution >= 4 is 46.4 Å². The second-order valence-corrected chi connectivity index (χ2v) is 17.3. The van der Waals surface area contributed by atoms with Crippen LogP contribution in [0.1, 0.15) is 91.0 Å². The molecule has 3 aliphatic heterocycles. The van der Waals surface area contributed by atoms with Gasteiger partial charge in [0.25, 0.3) is 11.8 Å². The molecule has 0 bridgehead atoms. The van der Waals surface area contributed by atoms with Gasteiger partial charge in [-0.15, -0.1) is 0 Å². The highest BCUT2D eigenvalue weighted by Gasteiger charge is 2.46. The lowest BCUT2D eigenvalue weighted by molar-refractivity contribution is -0.136. The van der Waals surface area contributed by atoms with Crippen LogP contribution in [0.5, 0.6) is 17.2 Å². The quantitative estimate of drug-likeness (QED) is 0.0484. The average Bonchev–Trinajstić information content (AvgIpc) is 3.89. The number of ether oxygens (including phenoxy) is 6. The number of para-hydroxylation sites is 1. The molecule has 370 valence electrons. The van der Waals surface area contributed by atoms with Gasteiger partial charge < -0.3 is 39.1 Å². The number of piperidine rings is 2. The lowest BCUT2D eigenvalue weighted by Gasteiger charge is -2.33. The summed E-state index contributed by atoms with van der Waals surface area (Å²) >= 11 is 0. The summed E-state index contributed by atoms with van der Waals surface area (Å²) in [5, 5.41) is 7.93. The predicted octanol–water partition coefficient (Wildman–Crippen LogP) is 5.92. The number of unbranched alkanes of at least 4 members (excludes halogenated alkanes) is 4. The van der Waals surface area contributed by atoms with Crippen LogP contribution in [0, 0.1) is 0 Å². The van der Waals surface area contributed by atoms with Crippen LogP contribution in [-0.2, 0) is 33.3 Å². The molecule has 5 aromatic rings. The molecule has 0 saturated carbocycles. The van der Waals surface area contributed by atoms with E-state index in [0.717, 1.165) is 67.7 Å². The van der Waals surface area contributed by atoms with Crippen LogP contribution < -0.4 is 20.5 Å². The first kappa shape index (κ1) is 49.6. The Labute approximate surface area is 405 Å². The molecule has 19 heteroatoms. The number of nitrogens with two attached hydrogens (primary N) is 1. The third-order valence-electron chi connectivity index (χ3n) is 12.4. The number of imide groups is 2. The van der Waals surface area contributed by atoms with E-state index in [-0.39, 0.29) is 54.9 Å². The van der Waals surface area contributed by atoms with Crippen LogP contribution >= 0.6 is 0 Å². The van der Waals surface area contributed by atoms with Crippen molar-refractivity contribution < 1.29 is 52.4 Å². The molecule has 0 radical (unpaired) electrons. The van der Waals surface area contributed by atoms with Crippen LogP contribution in [0.4, 0.5) is 5.82 Å². The lowest BCUT2D eigenvalue weighted by Crippen LogP contribution is -2.54. The molecule has 3 aliphatic rings. The maximum Gasteiger partial charge on any atom is 0.266 e. The minimum absolute atomic E-state index is 0.0330. The van der Waals surface area contributed by atoms with E-state index in [1.165, 1.54) is 12.4 Å². The normalized spacial score (nSPS) is 17.0. The molecule has 3 aromatic carbocycles. The van der Waals surface area contributed by atoms with Crippen LogP contribution in [0.25, 0.3) is 22.3 Å². The Morgan fingerprint density at radius 3 is 2.14 bits per heavy atom. The molecular formula is C51H60N8O11. The fourth-order valence-corrected chi connectivity index (χ4v) is 8.88. The first-order valence-corrected chi connectivity index (χ1v) is 24.1. The van der Waals surface area contributed by atoms with E-state index in [1.54, 1.807) is 12.1 Å². The number of anilines is 1. The highest BCUT2D eigenvalue weighted by molar-refractivity contribution is 6.24. The zero-order chi connectivity index (χ0) is 48.7. The molecule has 0 spiro atoms.